The molecule has 0 aromatic heterocycles. The van der Waals surface area contributed by atoms with Gasteiger partial charge in [0.1, 0.15) is 0 Å². The molecule has 0 aliphatic carbocycles. The Bertz CT molecular complexity index is 684. The smallest absolute Gasteiger partial charge is 0.321 e. The number of anilines is 1. The van der Waals surface area contributed by atoms with Crippen molar-refractivity contribution in [1.29, 1.82) is 0 Å². The van der Waals surface area contributed by atoms with Crippen LogP contribution in [0.3, 0.4) is 0 Å². The predicted octanol–water partition coefficient (Wildman–Crippen LogP) is 2.76. The van der Waals surface area contributed by atoms with Crippen molar-refractivity contribution in [2.45, 2.75) is 13.5 Å². The summed E-state index contributed by atoms with van der Waals surface area (Å²) in [6.45, 7) is 2.30. The summed E-state index contributed by atoms with van der Waals surface area (Å²) in [4.78, 5) is 25.0. The van der Waals surface area contributed by atoms with Crippen LogP contribution in [0.4, 0.5) is 10.5 Å². The summed E-state index contributed by atoms with van der Waals surface area (Å²) in [6.07, 6.45) is 0. The highest BCUT2D eigenvalue weighted by Gasteiger charge is 2.11. The number of nitrogens with zero attached hydrogens (tertiary/aromatic N) is 1. The lowest BCUT2D eigenvalue weighted by atomic mass is 10.1. The molecule has 114 valence electrons. The van der Waals surface area contributed by atoms with Crippen LogP contribution in [0.5, 0.6) is 0 Å². The largest absolute Gasteiger partial charge is 0.366 e. The molecule has 3 amide bonds. The number of benzene rings is 2. The van der Waals surface area contributed by atoms with E-state index in [1.807, 2.05) is 30.3 Å². The molecule has 2 aromatic carbocycles. The Morgan fingerprint density at radius 1 is 1.14 bits per heavy atom. The maximum absolute atomic E-state index is 12.2. The maximum atomic E-state index is 12.2. The Morgan fingerprint density at radius 3 is 2.41 bits per heavy atom. The van der Waals surface area contributed by atoms with E-state index in [-0.39, 0.29) is 6.03 Å². The van der Waals surface area contributed by atoms with Gasteiger partial charge in [0.25, 0.3) is 0 Å². The third kappa shape index (κ3) is 3.85. The van der Waals surface area contributed by atoms with E-state index in [1.54, 1.807) is 37.1 Å². The molecule has 22 heavy (non-hydrogen) atoms. The van der Waals surface area contributed by atoms with Gasteiger partial charge in [-0.25, -0.2) is 4.79 Å². The molecule has 5 heteroatoms. The van der Waals surface area contributed by atoms with Crippen LogP contribution in [0, 0.1) is 6.92 Å². The third-order valence-electron chi connectivity index (χ3n) is 3.35. The summed E-state index contributed by atoms with van der Waals surface area (Å²) in [7, 11) is 1.73. The zero-order chi connectivity index (χ0) is 16.1. The van der Waals surface area contributed by atoms with Crippen LogP contribution in [0.2, 0.25) is 0 Å². The van der Waals surface area contributed by atoms with Gasteiger partial charge in [0.15, 0.2) is 0 Å². The Hall–Kier alpha value is -2.82. The lowest BCUT2D eigenvalue weighted by Gasteiger charge is -2.18. The van der Waals surface area contributed by atoms with Crippen molar-refractivity contribution in [1.82, 2.24) is 4.90 Å². The van der Waals surface area contributed by atoms with E-state index in [1.165, 1.54) is 0 Å². The molecule has 0 unspecified atom stereocenters. The van der Waals surface area contributed by atoms with Crippen molar-refractivity contribution in [3.05, 3.63) is 65.2 Å². The van der Waals surface area contributed by atoms with Crippen LogP contribution in [0.1, 0.15) is 21.5 Å². The van der Waals surface area contributed by atoms with Gasteiger partial charge in [0.05, 0.1) is 0 Å². The summed E-state index contributed by atoms with van der Waals surface area (Å²) >= 11 is 0. The number of nitrogens with one attached hydrogen (secondary N) is 1. The summed E-state index contributed by atoms with van der Waals surface area (Å²) < 4.78 is 0. The van der Waals surface area contributed by atoms with Crippen LogP contribution in [-0.2, 0) is 6.54 Å². The first-order valence-electron chi connectivity index (χ1n) is 6.94. The van der Waals surface area contributed by atoms with E-state index in [2.05, 4.69) is 5.32 Å². The fourth-order valence-corrected chi connectivity index (χ4v) is 2.17. The summed E-state index contributed by atoms with van der Waals surface area (Å²) in [5.41, 5.74) is 8.14. The van der Waals surface area contributed by atoms with Crippen molar-refractivity contribution in [3.63, 3.8) is 0 Å². The number of rotatable bonds is 4. The molecule has 5 nitrogen and oxygen atoms in total. The van der Waals surface area contributed by atoms with Crippen molar-refractivity contribution < 1.29 is 9.59 Å². The van der Waals surface area contributed by atoms with Crippen molar-refractivity contribution in [3.8, 4) is 0 Å². The zero-order valence-corrected chi connectivity index (χ0v) is 12.7. The van der Waals surface area contributed by atoms with Gasteiger partial charge in [-0.3, -0.25) is 4.79 Å². The van der Waals surface area contributed by atoms with Crippen LogP contribution in [0.25, 0.3) is 0 Å². The lowest BCUT2D eigenvalue weighted by Crippen LogP contribution is -2.30. The summed E-state index contributed by atoms with van der Waals surface area (Å²) in [6, 6.07) is 14.5. The second-order valence-electron chi connectivity index (χ2n) is 5.17. The molecule has 0 fully saturated rings. The van der Waals surface area contributed by atoms with Crippen LogP contribution < -0.4 is 11.1 Å². The van der Waals surface area contributed by atoms with E-state index >= 15 is 0 Å². The first-order valence-corrected chi connectivity index (χ1v) is 6.94. The highest BCUT2D eigenvalue weighted by Crippen LogP contribution is 2.15. The van der Waals surface area contributed by atoms with E-state index in [4.69, 9.17) is 5.73 Å². The average Bonchev–Trinajstić information content (AvgIpc) is 2.47. The number of primary amides is 1. The molecule has 0 aliphatic rings. The molecule has 0 heterocycles. The average molecular weight is 297 g/mol. The fraction of sp³-hybridized carbons (Fsp3) is 0.176. The van der Waals surface area contributed by atoms with Crippen molar-refractivity contribution >= 4 is 17.6 Å². The van der Waals surface area contributed by atoms with E-state index < -0.39 is 5.91 Å². The number of aryl methyl sites for hydroxylation is 1. The molecule has 0 radical (unpaired) electrons. The minimum absolute atomic E-state index is 0.213. The zero-order valence-electron chi connectivity index (χ0n) is 12.7. The molecule has 0 atom stereocenters. The number of carbonyl (C=O) groups excluding carboxylic acids is 2. The molecular weight excluding hydrogens is 278 g/mol. The van der Waals surface area contributed by atoms with Crippen molar-refractivity contribution in [2.75, 3.05) is 12.4 Å². The first kappa shape index (κ1) is 15.6. The number of carbonyl (C=O) groups is 2. The monoisotopic (exact) mass is 297 g/mol. The lowest BCUT2D eigenvalue weighted by molar-refractivity contribution is 0.0999. The van der Waals surface area contributed by atoms with Gasteiger partial charge < -0.3 is 16.0 Å². The highest BCUT2D eigenvalue weighted by molar-refractivity contribution is 5.95. The molecule has 0 bridgehead atoms. The highest BCUT2D eigenvalue weighted by atomic mass is 16.2. The Balaban J connectivity index is 2.02. The summed E-state index contributed by atoms with van der Waals surface area (Å²) in [5.74, 6) is -0.475. The minimum Gasteiger partial charge on any atom is -0.366 e. The topological polar surface area (TPSA) is 75.4 Å². The van der Waals surface area contributed by atoms with E-state index in [0.29, 0.717) is 17.8 Å². The van der Waals surface area contributed by atoms with Gasteiger partial charge in [-0.1, -0.05) is 30.3 Å². The SMILES string of the molecule is Cc1cc(NC(=O)N(C)Cc2ccccc2)ccc1C(N)=O. The van der Waals surface area contributed by atoms with E-state index in [9.17, 15) is 9.59 Å². The van der Waals surface area contributed by atoms with Gasteiger partial charge in [-0.05, 0) is 36.2 Å². The van der Waals surface area contributed by atoms with Gasteiger partial charge >= 0.3 is 6.03 Å². The number of hydrogen-bond donors (Lipinski definition) is 2. The molecule has 3 N–H and O–H groups in total. The number of hydrogen-bond acceptors (Lipinski definition) is 2. The van der Waals surface area contributed by atoms with Gasteiger partial charge in [-0.2, -0.15) is 0 Å². The Labute approximate surface area is 129 Å². The molecule has 2 rings (SSSR count). The predicted molar refractivity (Wildman–Crippen MR) is 86.6 cm³/mol. The Morgan fingerprint density at radius 2 is 1.82 bits per heavy atom. The van der Waals surface area contributed by atoms with Gasteiger partial charge in [0.2, 0.25) is 5.91 Å². The molecule has 0 saturated carbocycles. The fourth-order valence-electron chi connectivity index (χ4n) is 2.17. The Kier molecular flexibility index (Phi) is 4.78. The molecular formula is C17H19N3O2. The van der Waals surface area contributed by atoms with Crippen molar-refractivity contribution in [2.24, 2.45) is 5.73 Å². The molecule has 2 aromatic rings. The van der Waals surface area contributed by atoms with Crippen LogP contribution in [0.15, 0.2) is 48.5 Å². The third-order valence-corrected chi connectivity index (χ3v) is 3.35. The van der Waals surface area contributed by atoms with E-state index in [0.717, 1.165) is 11.1 Å². The standard InChI is InChI=1S/C17H19N3O2/c1-12-10-14(8-9-15(12)16(18)21)19-17(22)20(2)11-13-6-4-3-5-7-13/h3-10H,11H2,1-2H3,(H2,18,21)(H,19,22). The van der Waals surface area contributed by atoms with Gasteiger partial charge in [-0.15, -0.1) is 0 Å². The first-order chi connectivity index (χ1) is 10.5. The second-order valence-corrected chi connectivity index (χ2v) is 5.17. The number of amides is 3. The molecule has 0 spiro atoms. The number of nitrogens with two attached hydrogens (primary N) is 1. The molecule has 0 saturated heterocycles. The normalized spacial score (nSPS) is 10.1. The van der Waals surface area contributed by atoms with Crippen LogP contribution >= 0.6 is 0 Å². The van der Waals surface area contributed by atoms with Crippen LogP contribution in [-0.4, -0.2) is 23.9 Å². The minimum atomic E-state index is -0.475. The number of urea groups is 1. The quantitative estimate of drug-likeness (QED) is 0.910. The van der Waals surface area contributed by atoms with Gasteiger partial charge in [0, 0.05) is 24.8 Å². The maximum Gasteiger partial charge on any atom is 0.321 e. The second kappa shape index (κ2) is 6.76. The molecule has 0 aliphatic heterocycles. The summed E-state index contributed by atoms with van der Waals surface area (Å²) in [5, 5.41) is 2.80.